The van der Waals surface area contributed by atoms with Crippen molar-refractivity contribution < 1.29 is 9.59 Å². The van der Waals surface area contributed by atoms with Gasteiger partial charge in [-0.3, -0.25) is 14.7 Å². The van der Waals surface area contributed by atoms with E-state index in [1.807, 2.05) is 6.92 Å². The predicted octanol–water partition coefficient (Wildman–Crippen LogP) is 2.97. The summed E-state index contributed by atoms with van der Waals surface area (Å²) < 4.78 is 0. The highest BCUT2D eigenvalue weighted by Gasteiger charge is 2.11. The standard InChI is InChI=1S/C14H15ClN4O2/c1-3-13(20)17-11-5-4-9(7-10(11)15)16-14(21)12-6-8(2)18-19-12/h4-7H,3H2,1-2H3,(H,16,21)(H,17,20)(H,18,19). The van der Waals surface area contributed by atoms with Crippen LogP contribution in [0.1, 0.15) is 29.5 Å². The second-order valence-electron chi connectivity index (χ2n) is 4.49. The third-order valence-electron chi connectivity index (χ3n) is 2.76. The van der Waals surface area contributed by atoms with Crippen molar-refractivity contribution in [3.8, 4) is 0 Å². The monoisotopic (exact) mass is 306 g/mol. The zero-order valence-electron chi connectivity index (χ0n) is 11.7. The van der Waals surface area contributed by atoms with Crippen LogP contribution in [0.4, 0.5) is 11.4 Å². The number of aryl methyl sites for hydroxylation is 1. The van der Waals surface area contributed by atoms with Gasteiger partial charge in [-0.05, 0) is 31.2 Å². The second kappa shape index (κ2) is 6.41. The molecule has 1 heterocycles. The summed E-state index contributed by atoms with van der Waals surface area (Å²) in [5.41, 5.74) is 2.14. The summed E-state index contributed by atoms with van der Waals surface area (Å²) in [6, 6.07) is 6.52. The van der Waals surface area contributed by atoms with Gasteiger partial charge in [-0.15, -0.1) is 0 Å². The Morgan fingerprint density at radius 2 is 2.05 bits per heavy atom. The van der Waals surface area contributed by atoms with E-state index in [9.17, 15) is 9.59 Å². The van der Waals surface area contributed by atoms with Crippen LogP contribution in [0.25, 0.3) is 0 Å². The molecular formula is C14H15ClN4O2. The van der Waals surface area contributed by atoms with E-state index in [1.54, 1.807) is 31.2 Å². The summed E-state index contributed by atoms with van der Waals surface area (Å²) in [7, 11) is 0. The lowest BCUT2D eigenvalue weighted by atomic mass is 10.2. The van der Waals surface area contributed by atoms with Crippen molar-refractivity contribution >= 4 is 34.8 Å². The van der Waals surface area contributed by atoms with Gasteiger partial charge in [0.05, 0.1) is 10.7 Å². The average molecular weight is 307 g/mol. The number of hydrogen-bond donors (Lipinski definition) is 3. The van der Waals surface area contributed by atoms with Gasteiger partial charge in [0.2, 0.25) is 5.91 Å². The third-order valence-corrected chi connectivity index (χ3v) is 3.07. The first-order valence-corrected chi connectivity index (χ1v) is 6.80. The van der Waals surface area contributed by atoms with Crippen LogP contribution >= 0.6 is 11.6 Å². The van der Waals surface area contributed by atoms with Crippen LogP contribution in [-0.4, -0.2) is 22.0 Å². The molecule has 110 valence electrons. The van der Waals surface area contributed by atoms with Crippen molar-refractivity contribution in [1.29, 1.82) is 0 Å². The minimum Gasteiger partial charge on any atom is -0.325 e. The van der Waals surface area contributed by atoms with Crippen molar-refractivity contribution in [3.63, 3.8) is 0 Å². The smallest absolute Gasteiger partial charge is 0.276 e. The molecule has 6 nitrogen and oxygen atoms in total. The number of nitrogens with zero attached hydrogens (tertiary/aromatic N) is 1. The predicted molar refractivity (Wildman–Crippen MR) is 81.7 cm³/mol. The van der Waals surface area contributed by atoms with Crippen LogP contribution < -0.4 is 10.6 Å². The molecule has 1 aromatic carbocycles. The van der Waals surface area contributed by atoms with Crippen LogP contribution in [0.3, 0.4) is 0 Å². The summed E-state index contributed by atoms with van der Waals surface area (Å²) in [5, 5.41) is 12.3. The number of aromatic nitrogens is 2. The van der Waals surface area contributed by atoms with E-state index < -0.39 is 0 Å². The number of aromatic amines is 1. The first kappa shape index (κ1) is 15.1. The van der Waals surface area contributed by atoms with Crippen LogP contribution in [0.5, 0.6) is 0 Å². The number of carbonyl (C=O) groups is 2. The molecule has 0 aliphatic rings. The minimum absolute atomic E-state index is 0.124. The number of anilines is 2. The van der Waals surface area contributed by atoms with Gasteiger partial charge in [-0.1, -0.05) is 18.5 Å². The van der Waals surface area contributed by atoms with Gasteiger partial charge in [0.1, 0.15) is 0 Å². The number of nitrogens with one attached hydrogen (secondary N) is 3. The second-order valence-corrected chi connectivity index (χ2v) is 4.89. The maximum Gasteiger partial charge on any atom is 0.276 e. The Morgan fingerprint density at radius 3 is 2.62 bits per heavy atom. The van der Waals surface area contributed by atoms with Crippen molar-refractivity contribution in [3.05, 3.63) is 40.7 Å². The van der Waals surface area contributed by atoms with Crippen LogP contribution in [0.15, 0.2) is 24.3 Å². The number of rotatable bonds is 4. The summed E-state index contributed by atoms with van der Waals surface area (Å²) in [6.07, 6.45) is 0.368. The van der Waals surface area contributed by atoms with Gasteiger partial charge in [0.15, 0.2) is 5.69 Å². The molecule has 0 saturated carbocycles. The molecule has 0 bridgehead atoms. The molecule has 0 spiro atoms. The number of carbonyl (C=O) groups excluding carboxylic acids is 2. The molecule has 21 heavy (non-hydrogen) atoms. The normalized spacial score (nSPS) is 10.2. The molecule has 7 heteroatoms. The molecule has 0 unspecified atom stereocenters. The summed E-state index contributed by atoms with van der Waals surface area (Å²) in [6.45, 7) is 3.57. The molecular weight excluding hydrogens is 292 g/mol. The third kappa shape index (κ3) is 3.82. The van der Waals surface area contributed by atoms with Gasteiger partial charge in [0.25, 0.3) is 5.91 Å². The van der Waals surface area contributed by atoms with Crippen molar-refractivity contribution in [2.45, 2.75) is 20.3 Å². The number of benzene rings is 1. The highest BCUT2D eigenvalue weighted by molar-refractivity contribution is 6.34. The maximum absolute atomic E-state index is 11.9. The van der Waals surface area contributed by atoms with E-state index in [0.717, 1.165) is 5.69 Å². The highest BCUT2D eigenvalue weighted by Crippen LogP contribution is 2.25. The Bertz CT molecular complexity index is 681. The van der Waals surface area contributed by atoms with E-state index in [0.29, 0.717) is 28.5 Å². The van der Waals surface area contributed by atoms with Gasteiger partial charge in [-0.25, -0.2) is 0 Å². The summed E-state index contributed by atoms with van der Waals surface area (Å²) >= 11 is 6.08. The Balaban J connectivity index is 2.09. The average Bonchev–Trinajstić information content (AvgIpc) is 2.88. The number of amides is 2. The van der Waals surface area contributed by atoms with E-state index in [-0.39, 0.29) is 11.8 Å². The Kier molecular flexibility index (Phi) is 4.59. The largest absolute Gasteiger partial charge is 0.325 e. The lowest BCUT2D eigenvalue weighted by Gasteiger charge is -2.09. The fourth-order valence-corrected chi connectivity index (χ4v) is 1.89. The van der Waals surface area contributed by atoms with E-state index in [2.05, 4.69) is 20.8 Å². The molecule has 0 fully saturated rings. The summed E-state index contributed by atoms with van der Waals surface area (Å²) in [4.78, 5) is 23.3. The Labute approximate surface area is 126 Å². The maximum atomic E-state index is 11.9. The Morgan fingerprint density at radius 1 is 1.29 bits per heavy atom. The van der Waals surface area contributed by atoms with E-state index >= 15 is 0 Å². The molecule has 0 saturated heterocycles. The lowest BCUT2D eigenvalue weighted by Crippen LogP contribution is -2.13. The highest BCUT2D eigenvalue weighted by atomic mass is 35.5. The van der Waals surface area contributed by atoms with Crippen molar-refractivity contribution in [1.82, 2.24) is 10.2 Å². The first-order chi connectivity index (χ1) is 9.99. The number of halogens is 1. The quantitative estimate of drug-likeness (QED) is 0.811. The molecule has 0 atom stereocenters. The lowest BCUT2D eigenvalue weighted by molar-refractivity contribution is -0.115. The van der Waals surface area contributed by atoms with Crippen molar-refractivity contribution in [2.75, 3.05) is 10.6 Å². The fraction of sp³-hybridized carbons (Fsp3) is 0.214. The zero-order valence-corrected chi connectivity index (χ0v) is 12.4. The molecule has 0 radical (unpaired) electrons. The molecule has 1 aromatic heterocycles. The fourth-order valence-electron chi connectivity index (χ4n) is 1.66. The number of H-pyrrole nitrogens is 1. The SMILES string of the molecule is CCC(=O)Nc1ccc(NC(=O)c2cc(C)[nH]n2)cc1Cl. The molecule has 3 N–H and O–H groups in total. The summed E-state index contributed by atoms with van der Waals surface area (Å²) in [5.74, 6) is -0.457. The van der Waals surface area contributed by atoms with Crippen LogP contribution in [0.2, 0.25) is 5.02 Å². The van der Waals surface area contributed by atoms with Gasteiger partial charge >= 0.3 is 0 Å². The molecule has 0 aliphatic carbocycles. The van der Waals surface area contributed by atoms with E-state index in [1.165, 1.54) is 0 Å². The molecule has 2 rings (SSSR count). The molecule has 2 amide bonds. The first-order valence-electron chi connectivity index (χ1n) is 6.42. The van der Waals surface area contributed by atoms with Gasteiger partial charge in [0, 0.05) is 17.8 Å². The van der Waals surface area contributed by atoms with Crippen LogP contribution in [-0.2, 0) is 4.79 Å². The topological polar surface area (TPSA) is 86.9 Å². The zero-order chi connectivity index (χ0) is 15.4. The minimum atomic E-state index is -0.333. The Hall–Kier alpha value is -2.34. The van der Waals surface area contributed by atoms with E-state index in [4.69, 9.17) is 11.6 Å². The van der Waals surface area contributed by atoms with Gasteiger partial charge < -0.3 is 10.6 Å². The van der Waals surface area contributed by atoms with Gasteiger partial charge in [-0.2, -0.15) is 5.10 Å². The number of hydrogen-bond acceptors (Lipinski definition) is 3. The van der Waals surface area contributed by atoms with Crippen molar-refractivity contribution in [2.24, 2.45) is 0 Å². The molecule has 0 aliphatic heterocycles. The van der Waals surface area contributed by atoms with Crippen LogP contribution in [0, 0.1) is 6.92 Å². The molecule has 2 aromatic rings.